The van der Waals surface area contributed by atoms with E-state index in [1.807, 2.05) is 31.2 Å². The Kier molecular flexibility index (Phi) is 6.53. The largest absolute Gasteiger partial charge is 0.493 e. The minimum absolute atomic E-state index is 0.0518. The molecule has 2 N–H and O–H groups in total. The predicted molar refractivity (Wildman–Crippen MR) is 141 cm³/mol. The number of fused-ring (bicyclic) bond motifs is 3. The summed E-state index contributed by atoms with van der Waals surface area (Å²) in [4.78, 5) is 0.220. The van der Waals surface area contributed by atoms with Crippen LogP contribution in [0.1, 0.15) is 36.4 Å². The first-order valence-corrected chi connectivity index (χ1v) is 13.5. The smallest absolute Gasteiger partial charge is 0.262 e. The van der Waals surface area contributed by atoms with Gasteiger partial charge in [-0.25, -0.2) is 8.42 Å². The van der Waals surface area contributed by atoms with Crippen molar-refractivity contribution in [3.8, 4) is 17.2 Å². The van der Waals surface area contributed by atoms with Crippen molar-refractivity contribution in [2.45, 2.75) is 30.2 Å². The average molecular weight is 507 g/mol. The Hall–Kier alpha value is -3.65. The van der Waals surface area contributed by atoms with Crippen LogP contribution in [0.4, 0.5) is 11.4 Å². The molecule has 0 aromatic heterocycles. The Labute approximate surface area is 212 Å². The maximum absolute atomic E-state index is 13.3. The molecule has 1 aliphatic heterocycles. The van der Waals surface area contributed by atoms with Gasteiger partial charge in [-0.3, -0.25) is 4.72 Å². The number of methoxy groups -OCH3 is 2. The molecule has 0 saturated heterocycles. The summed E-state index contributed by atoms with van der Waals surface area (Å²) in [6, 6.07) is 18.4. The van der Waals surface area contributed by atoms with Crippen molar-refractivity contribution >= 4 is 21.4 Å². The maximum atomic E-state index is 13.3. The van der Waals surface area contributed by atoms with E-state index in [1.165, 1.54) is 0 Å². The number of benzene rings is 3. The summed E-state index contributed by atoms with van der Waals surface area (Å²) in [6.07, 6.45) is 5.26. The van der Waals surface area contributed by atoms with E-state index >= 15 is 0 Å². The van der Waals surface area contributed by atoms with Gasteiger partial charge in [0.15, 0.2) is 11.5 Å². The molecule has 1 aliphatic carbocycles. The molecule has 2 aliphatic rings. The molecule has 0 fully saturated rings. The fourth-order valence-electron chi connectivity index (χ4n) is 5.15. The number of anilines is 2. The Bertz CT molecular complexity index is 1400. The zero-order valence-corrected chi connectivity index (χ0v) is 21.3. The van der Waals surface area contributed by atoms with Gasteiger partial charge in [-0.2, -0.15) is 0 Å². The molecular weight excluding hydrogens is 476 g/mol. The van der Waals surface area contributed by atoms with Crippen LogP contribution in [-0.4, -0.2) is 29.2 Å². The fourth-order valence-corrected chi connectivity index (χ4v) is 6.26. The number of allylic oxidation sites excluding steroid dienone is 2. The fraction of sp³-hybridized carbons (Fsp3) is 0.286. The predicted octanol–water partition coefficient (Wildman–Crippen LogP) is 5.73. The van der Waals surface area contributed by atoms with Crippen molar-refractivity contribution < 1.29 is 22.6 Å². The van der Waals surface area contributed by atoms with Gasteiger partial charge in [-0.05, 0) is 72.9 Å². The number of hydrogen-bond acceptors (Lipinski definition) is 6. The minimum atomic E-state index is -3.81. The highest BCUT2D eigenvalue weighted by molar-refractivity contribution is 7.92. The molecule has 7 nitrogen and oxygen atoms in total. The second-order valence-corrected chi connectivity index (χ2v) is 10.6. The SMILES string of the molecule is CCOc1ccccc1NS(=O)(=O)c1ccc2c(c1)[C@H]1C=CC[C@H]1[C@@H](c1ccc(OC)c(OC)c1)N2. The van der Waals surface area contributed by atoms with Crippen molar-refractivity contribution in [1.29, 1.82) is 0 Å². The number of nitrogens with one attached hydrogen (secondary N) is 2. The van der Waals surface area contributed by atoms with E-state index in [0.717, 1.165) is 23.2 Å². The van der Waals surface area contributed by atoms with Crippen molar-refractivity contribution in [3.05, 3.63) is 83.9 Å². The van der Waals surface area contributed by atoms with Crippen LogP contribution in [0, 0.1) is 5.92 Å². The van der Waals surface area contributed by atoms with Crippen molar-refractivity contribution in [2.24, 2.45) is 5.92 Å². The first-order valence-electron chi connectivity index (χ1n) is 12.0. The molecule has 5 rings (SSSR count). The number of sulfonamides is 1. The summed E-state index contributed by atoms with van der Waals surface area (Å²) in [5.41, 5.74) is 3.42. The topological polar surface area (TPSA) is 85.9 Å². The lowest BCUT2D eigenvalue weighted by molar-refractivity contribution is 0.342. The summed E-state index contributed by atoms with van der Waals surface area (Å²) < 4.78 is 45.9. The Morgan fingerprint density at radius 2 is 1.78 bits per heavy atom. The zero-order valence-electron chi connectivity index (χ0n) is 20.5. The van der Waals surface area contributed by atoms with Gasteiger partial charge >= 0.3 is 0 Å². The molecule has 3 aromatic rings. The molecule has 0 saturated carbocycles. The monoisotopic (exact) mass is 506 g/mol. The Morgan fingerprint density at radius 3 is 2.56 bits per heavy atom. The van der Waals surface area contributed by atoms with Crippen LogP contribution in [0.25, 0.3) is 0 Å². The molecule has 8 heteroatoms. The number of hydrogen-bond donors (Lipinski definition) is 2. The molecule has 3 atom stereocenters. The molecule has 0 radical (unpaired) electrons. The minimum Gasteiger partial charge on any atom is -0.493 e. The lowest BCUT2D eigenvalue weighted by Crippen LogP contribution is -2.29. The lowest BCUT2D eigenvalue weighted by atomic mass is 9.77. The molecule has 188 valence electrons. The van der Waals surface area contributed by atoms with Crippen LogP contribution < -0.4 is 24.2 Å². The third-order valence-electron chi connectivity index (χ3n) is 6.84. The summed E-state index contributed by atoms with van der Waals surface area (Å²) in [5.74, 6) is 2.22. The molecule has 3 aromatic carbocycles. The van der Waals surface area contributed by atoms with Gasteiger partial charge in [0.25, 0.3) is 10.0 Å². The van der Waals surface area contributed by atoms with E-state index < -0.39 is 10.0 Å². The van der Waals surface area contributed by atoms with E-state index in [2.05, 4.69) is 28.3 Å². The van der Waals surface area contributed by atoms with Gasteiger partial charge in [-0.15, -0.1) is 0 Å². The first-order chi connectivity index (χ1) is 17.4. The van der Waals surface area contributed by atoms with Gasteiger partial charge in [0.1, 0.15) is 5.75 Å². The van der Waals surface area contributed by atoms with Gasteiger partial charge in [0, 0.05) is 11.6 Å². The highest BCUT2D eigenvalue weighted by atomic mass is 32.2. The summed E-state index contributed by atoms with van der Waals surface area (Å²) in [7, 11) is -0.554. The molecule has 36 heavy (non-hydrogen) atoms. The highest BCUT2D eigenvalue weighted by Crippen LogP contribution is 2.51. The molecule has 0 amide bonds. The van der Waals surface area contributed by atoms with E-state index in [0.29, 0.717) is 29.5 Å². The van der Waals surface area contributed by atoms with Crippen LogP contribution >= 0.6 is 0 Å². The maximum Gasteiger partial charge on any atom is 0.262 e. The number of rotatable bonds is 8. The third-order valence-corrected chi connectivity index (χ3v) is 8.21. The van der Waals surface area contributed by atoms with Gasteiger partial charge in [0.2, 0.25) is 0 Å². The van der Waals surface area contributed by atoms with Crippen LogP contribution in [0.15, 0.2) is 77.7 Å². The molecular formula is C28H30N2O5S. The first kappa shape index (κ1) is 24.1. The number of ether oxygens (including phenoxy) is 3. The van der Waals surface area contributed by atoms with Gasteiger partial charge in [0.05, 0.1) is 37.5 Å². The summed E-state index contributed by atoms with van der Waals surface area (Å²) >= 11 is 0. The lowest BCUT2D eigenvalue weighted by Gasteiger charge is -2.38. The van der Waals surface area contributed by atoms with Crippen LogP contribution in [-0.2, 0) is 10.0 Å². The molecule has 0 spiro atoms. The Morgan fingerprint density at radius 1 is 0.972 bits per heavy atom. The standard InChI is InChI=1S/C28H30N2O5S/c1-4-35-25-11-6-5-10-24(25)30-36(31,32)19-13-14-23-22(17-19)20-8-7-9-21(20)28(29-23)18-12-15-26(33-2)27(16-18)34-3/h5-8,10-17,20-21,28-30H,4,9H2,1-3H3/t20-,21+,28+/m0/s1. The van der Waals surface area contributed by atoms with E-state index in [9.17, 15) is 8.42 Å². The van der Waals surface area contributed by atoms with Crippen molar-refractivity contribution in [2.75, 3.05) is 30.9 Å². The van der Waals surface area contributed by atoms with E-state index in [4.69, 9.17) is 14.2 Å². The zero-order chi connectivity index (χ0) is 25.3. The summed E-state index contributed by atoms with van der Waals surface area (Å²) in [5, 5.41) is 3.66. The van der Waals surface area contributed by atoms with Gasteiger partial charge < -0.3 is 19.5 Å². The van der Waals surface area contributed by atoms with E-state index in [1.54, 1.807) is 44.6 Å². The van der Waals surface area contributed by atoms with Crippen LogP contribution in [0.2, 0.25) is 0 Å². The molecule has 0 bridgehead atoms. The molecule has 1 heterocycles. The average Bonchev–Trinajstić information content (AvgIpc) is 3.39. The second-order valence-electron chi connectivity index (χ2n) is 8.87. The third kappa shape index (κ3) is 4.37. The number of para-hydroxylation sites is 2. The van der Waals surface area contributed by atoms with E-state index in [-0.39, 0.29) is 22.8 Å². The van der Waals surface area contributed by atoms with Crippen LogP contribution in [0.3, 0.4) is 0 Å². The summed E-state index contributed by atoms with van der Waals surface area (Å²) in [6.45, 7) is 2.31. The second kappa shape index (κ2) is 9.78. The van der Waals surface area contributed by atoms with Gasteiger partial charge in [-0.1, -0.05) is 30.4 Å². The normalized spacial score (nSPS) is 20.1. The highest BCUT2D eigenvalue weighted by Gasteiger charge is 2.38. The van der Waals surface area contributed by atoms with Crippen molar-refractivity contribution in [1.82, 2.24) is 0 Å². The van der Waals surface area contributed by atoms with Crippen molar-refractivity contribution in [3.63, 3.8) is 0 Å². The van der Waals surface area contributed by atoms with Crippen LogP contribution in [0.5, 0.6) is 17.2 Å². The Balaban J connectivity index is 1.47. The quantitative estimate of drug-likeness (QED) is 0.380. The molecule has 0 unspecified atom stereocenters.